The average Bonchev–Trinajstić information content (AvgIpc) is 2.99. The molecule has 0 unspecified atom stereocenters. The van der Waals surface area contributed by atoms with Gasteiger partial charge in [-0.05, 0) is 30.7 Å². The maximum atomic E-state index is 13.1. The first-order valence-electron chi connectivity index (χ1n) is 8.91. The maximum Gasteiger partial charge on any atom is 0.333 e. The van der Waals surface area contributed by atoms with Gasteiger partial charge in [0.05, 0.1) is 23.8 Å². The van der Waals surface area contributed by atoms with E-state index in [0.29, 0.717) is 20.3 Å². The van der Waals surface area contributed by atoms with Crippen LogP contribution in [0.15, 0.2) is 59.4 Å². The van der Waals surface area contributed by atoms with Crippen molar-refractivity contribution in [2.24, 2.45) is 0 Å². The summed E-state index contributed by atoms with van der Waals surface area (Å²) in [5.41, 5.74) is 0.699. The van der Waals surface area contributed by atoms with E-state index in [1.54, 1.807) is 55.5 Å². The Bertz CT molecular complexity index is 1190. The SMILES string of the molecule is CCOC(=O)/C=c1\s/c(=C\c2ccc(F)cc2)c(=O)n1CC(=O)c1ccccc1. The van der Waals surface area contributed by atoms with Gasteiger partial charge in [0, 0.05) is 5.56 Å². The number of ketones is 1. The summed E-state index contributed by atoms with van der Waals surface area (Å²) in [4.78, 5) is 37.4. The summed E-state index contributed by atoms with van der Waals surface area (Å²) >= 11 is 1.07. The Labute approximate surface area is 170 Å². The molecule has 0 aliphatic heterocycles. The van der Waals surface area contributed by atoms with E-state index in [1.807, 2.05) is 0 Å². The van der Waals surface area contributed by atoms with E-state index in [-0.39, 0.29) is 24.8 Å². The number of halogens is 1. The molecular formula is C22H18FNO4S. The second-order valence-electron chi connectivity index (χ2n) is 6.08. The first kappa shape index (κ1) is 20.4. The van der Waals surface area contributed by atoms with Crippen LogP contribution in [0.3, 0.4) is 0 Å². The fourth-order valence-corrected chi connectivity index (χ4v) is 3.68. The Kier molecular flexibility index (Phi) is 6.51. The van der Waals surface area contributed by atoms with E-state index in [0.717, 1.165) is 11.3 Å². The van der Waals surface area contributed by atoms with E-state index < -0.39 is 11.5 Å². The van der Waals surface area contributed by atoms with Gasteiger partial charge in [0.2, 0.25) is 0 Å². The third-order valence-corrected chi connectivity index (χ3v) is 5.09. The Hall–Kier alpha value is -3.32. The predicted octanol–water partition coefficient (Wildman–Crippen LogP) is 2.10. The molecule has 0 radical (unpaired) electrons. The number of aromatic nitrogens is 1. The number of benzene rings is 2. The molecule has 0 aliphatic rings. The van der Waals surface area contributed by atoms with Gasteiger partial charge < -0.3 is 4.74 Å². The fraction of sp³-hybridized carbons (Fsp3) is 0.136. The van der Waals surface area contributed by atoms with Crippen molar-refractivity contribution < 1.29 is 18.7 Å². The Morgan fingerprint density at radius 3 is 2.45 bits per heavy atom. The van der Waals surface area contributed by atoms with Gasteiger partial charge in [-0.25, -0.2) is 9.18 Å². The molecule has 1 heterocycles. The number of hydrogen-bond donors (Lipinski definition) is 0. The lowest BCUT2D eigenvalue weighted by Gasteiger charge is -2.02. The minimum atomic E-state index is -0.594. The fourth-order valence-electron chi connectivity index (χ4n) is 2.65. The zero-order valence-electron chi connectivity index (χ0n) is 15.6. The van der Waals surface area contributed by atoms with E-state index in [2.05, 4.69) is 0 Å². The number of nitrogens with zero attached hydrogens (tertiary/aromatic N) is 1. The molecule has 0 spiro atoms. The van der Waals surface area contributed by atoms with Crippen LogP contribution in [-0.2, 0) is 16.1 Å². The molecule has 3 aromatic rings. The molecule has 0 saturated heterocycles. The largest absolute Gasteiger partial charge is 0.463 e. The molecule has 0 atom stereocenters. The van der Waals surface area contributed by atoms with Crippen molar-refractivity contribution in [3.05, 3.63) is 91.1 Å². The van der Waals surface area contributed by atoms with Gasteiger partial charge in [-0.3, -0.25) is 14.2 Å². The molecule has 29 heavy (non-hydrogen) atoms. The van der Waals surface area contributed by atoms with Gasteiger partial charge in [-0.1, -0.05) is 42.5 Å². The van der Waals surface area contributed by atoms with Crippen molar-refractivity contribution in [2.75, 3.05) is 6.61 Å². The zero-order chi connectivity index (χ0) is 20.8. The molecule has 0 bridgehead atoms. The van der Waals surface area contributed by atoms with Gasteiger partial charge >= 0.3 is 5.97 Å². The lowest BCUT2D eigenvalue weighted by atomic mass is 10.1. The lowest BCUT2D eigenvalue weighted by Crippen LogP contribution is -2.34. The molecule has 2 aromatic carbocycles. The third-order valence-electron chi connectivity index (χ3n) is 4.03. The van der Waals surface area contributed by atoms with E-state index in [4.69, 9.17) is 4.74 Å². The number of esters is 1. The van der Waals surface area contributed by atoms with Gasteiger partial charge in [0.15, 0.2) is 5.78 Å². The third kappa shape index (κ3) is 5.14. The first-order chi connectivity index (χ1) is 14.0. The molecule has 7 heteroatoms. The summed E-state index contributed by atoms with van der Waals surface area (Å²) in [5, 5.41) is 0. The van der Waals surface area contributed by atoms with Crippen LogP contribution >= 0.6 is 11.3 Å². The van der Waals surface area contributed by atoms with Crippen molar-refractivity contribution in [1.82, 2.24) is 4.57 Å². The number of ether oxygens (including phenoxy) is 1. The summed E-state index contributed by atoms with van der Waals surface area (Å²) in [6, 6.07) is 14.3. The average molecular weight is 411 g/mol. The molecule has 1 aromatic heterocycles. The summed E-state index contributed by atoms with van der Waals surface area (Å²) in [6.07, 6.45) is 2.80. The van der Waals surface area contributed by atoms with Crippen LogP contribution in [0.4, 0.5) is 4.39 Å². The Balaban J connectivity index is 2.08. The van der Waals surface area contributed by atoms with Crippen LogP contribution in [-0.4, -0.2) is 22.9 Å². The van der Waals surface area contributed by atoms with Crippen LogP contribution in [0.5, 0.6) is 0 Å². The monoisotopic (exact) mass is 411 g/mol. The van der Waals surface area contributed by atoms with Gasteiger partial charge in [-0.15, -0.1) is 11.3 Å². The van der Waals surface area contributed by atoms with Gasteiger partial charge in [0.1, 0.15) is 10.5 Å². The van der Waals surface area contributed by atoms with Crippen molar-refractivity contribution in [1.29, 1.82) is 0 Å². The highest BCUT2D eigenvalue weighted by Gasteiger charge is 2.12. The van der Waals surface area contributed by atoms with Crippen molar-refractivity contribution in [3.63, 3.8) is 0 Å². The molecule has 0 fully saturated rings. The molecule has 0 N–H and O–H groups in total. The molecule has 0 aliphatic carbocycles. The molecule has 3 rings (SSSR count). The number of carbonyl (C=O) groups excluding carboxylic acids is 2. The predicted molar refractivity (Wildman–Crippen MR) is 110 cm³/mol. The molecule has 0 amide bonds. The van der Waals surface area contributed by atoms with Crippen molar-refractivity contribution in [3.8, 4) is 0 Å². The van der Waals surface area contributed by atoms with Crippen molar-refractivity contribution >= 4 is 35.2 Å². The normalized spacial score (nSPS) is 12.2. The first-order valence-corrected chi connectivity index (χ1v) is 9.73. The van der Waals surface area contributed by atoms with Crippen LogP contribution in [0.25, 0.3) is 12.2 Å². The van der Waals surface area contributed by atoms with Crippen LogP contribution in [0, 0.1) is 5.82 Å². The standard InChI is InChI=1S/C22H18FNO4S/c1-2-28-21(26)13-20-24(14-18(25)16-6-4-3-5-7-16)22(27)19(29-20)12-15-8-10-17(23)11-9-15/h3-13H,2,14H2,1H3/b19-12-,20-13-. The van der Waals surface area contributed by atoms with Crippen LogP contribution < -0.4 is 14.8 Å². The Morgan fingerprint density at radius 1 is 1.10 bits per heavy atom. The second kappa shape index (κ2) is 9.25. The van der Waals surface area contributed by atoms with E-state index in [9.17, 15) is 18.8 Å². The Morgan fingerprint density at radius 2 is 1.79 bits per heavy atom. The minimum Gasteiger partial charge on any atom is -0.463 e. The number of thiazole rings is 1. The number of rotatable bonds is 6. The zero-order valence-corrected chi connectivity index (χ0v) is 16.4. The van der Waals surface area contributed by atoms with E-state index >= 15 is 0 Å². The number of hydrogen-bond acceptors (Lipinski definition) is 5. The highest BCUT2D eigenvalue weighted by atomic mass is 32.1. The summed E-state index contributed by atoms with van der Waals surface area (Å²) in [5.74, 6) is -1.23. The summed E-state index contributed by atoms with van der Waals surface area (Å²) < 4.78 is 19.9. The van der Waals surface area contributed by atoms with Crippen LogP contribution in [0.2, 0.25) is 0 Å². The topological polar surface area (TPSA) is 65.4 Å². The quantitative estimate of drug-likeness (QED) is 0.460. The number of carbonyl (C=O) groups is 2. The molecule has 5 nitrogen and oxygen atoms in total. The molecule has 148 valence electrons. The lowest BCUT2D eigenvalue weighted by molar-refractivity contribution is -0.135. The van der Waals surface area contributed by atoms with E-state index in [1.165, 1.54) is 22.8 Å². The van der Waals surface area contributed by atoms with Crippen LogP contribution in [0.1, 0.15) is 22.8 Å². The molecule has 0 saturated carbocycles. The van der Waals surface area contributed by atoms with Crippen molar-refractivity contribution in [2.45, 2.75) is 13.5 Å². The highest BCUT2D eigenvalue weighted by molar-refractivity contribution is 7.07. The summed E-state index contributed by atoms with van der Waals surface area (Å²) in [6.45, 7) is 1.67. The van der Waals surface area contributed by atoms with Gasteiger partial charge in [-0.2, -0.15) is 0 Å². The maximum absolute atomic E-state index is 13.1. The summed E-state index contributed by atoms with van der Waals surface area (Å²) in [7, 11) is 0. The second-order valence-corrected chi connectivity index (χ2v) is 7.14. The minimum absolute atomic E-state index is 0.197. The highest BCUT2D eigenvalue weighted by Crippen LogP contribution is 2.03. The van der Waals surface area contributed by atoms with Gasteiger partial charge in [0.25, 0.3) is 5.56 Å². The number of Topliss-reactive ketones (excluding diaryl/α,β-unsaturated/α-hetero) is 1. The smallest absolute Gasteiger partial charge is 0.333 e. The molecular weight excluding hydrogens is 393 g/mol.